The molecule has 0 aliphatic rings. The first-order chi connectivity index (χ1) is 8.27. The Hall–Kier alpha value is -2.36. The molecule has 1 N–H and O–H groups in total. The summed E-state index contributed by atoms with van der Waals surface area (Å²) in [5.41, 5.74) is 0.460. The summed E-state index contributed by atoms with van der Waals surface area (Å²) in [5, 5.41) is 13.8. The van der Waals surface area contributed by atoms with Crippen molar-refractivity contribution in [2.75, 3.05) is 7.11 Å². The van der Waals surface area contributed by atoms with Crippen LogP contribution in [0.25, 0.3) is 10.8 Å². The highest BCUT2D eigenvalue weighted by Crippen LogP contribution is 2.19. The molecule has 4 nitrogen and oxygen atoms in total. The second kappa shape index (κ2) is 4.65. The summed E-state index contributed by atoms with van der Waals surface area (Å²) in [5.74, 6) is -0.663. The number of rotatable bonds is 2. The quantitative estimate of drug-likeness (QED) is 0.371. The standard InChI is InChI=1S/C13H11NO3/c1-17-13(15)12(14-16)11-8-4-6-9-5-2-3-7-10(9)11/h2-8,16H,1H3. The first-order valence-corrected chi connectivity index (χ1v) is 5.06. The summed E-state index contributed by atoms with van der Waals surface area (Å²) in [6.07, 6.45) is 0. The van der Waals surface area contributed by atoms with Gasteiger partial charge in [0.1, 0.15) is 0 Å². The fourth-order valence-electron chi connectivity index (χ4n) is 1.73. The number of oxime groups is 1. The number of esters is 1. The van der Waals surface area contributed by atoms with Crippen molar-refractivity contribution in [1.82, 2.24) is 0 Å². The second-order valence-electron chi connectivity index (χ2n) is 3.47. The second-order valence-corrected chi connectivity index (χ2v) is 3.47. The van der Waals surface area contributed by atoms with Gasteiger partial charge in [0.15, 0.2) is 5.71 Å². The highest BCUT2D eigenvalue weighted by atomic mass is 16.5. The molecular formula is C13H11NO3. The lowest BCUT2D eigenvalue weighted by Crippen LogP contribution is -2.17. The number of carbonyl (C=O) groups excluding carboxylic acids is 1. The van der Waals surface area contributed by atoms with E-state index in [1.807, 2.05) is 30.3 Å². The number of hydrogen-bond acceptors (Lipinski definition) is 4. The van der Waals surface area contributed by atoms with Crippen LogP contribution in [0.4, 0.5) is 0 Å². The van der Waals surface area contributed by atoms with Crippen LogP contribution in [0.3, 0.4) is 0 Å². The number of hydrogen-bond donors (Lipinski definition) is 1. The van der Waals surface area contributed by atoms with Gasteiger partial charge in [0.2, 0.25) is 0 Å². The van der Waals surface area contributed by atoms with Crippen molar-refractivity contribution < 1.29 is 14.7 Å². The Bertz CT molecular complexity index is 585. The first-order valence-electron chi connectivity index (χ1n) is 5.06. The Labute approximate surface area is 98.1 Å². The minimum atomic E-state index is -0.663. The van der Waals surface area contributed by atoms with E-state index in [0.717, 1.165) is 10.8 Å². The zero-order chi connectivity index (χ0) is 12.3. The third-order valence-corrected chi connectivity index (χ3v) is 2.52. The SMILES string of the molecule is COC(=O)C(=NO)c1cccc2ccccc12. The van der Waals surface area contributed by atoms with Crippen LogP contribution < -0.4 is 0 Å². The molecule has 2 aromatic rings. The van der Waals surface area contributed by atoms with Crippen LogP contribution in [0.15, 0.2) is 47.6 Å². The molecule has 0 radical (unpaired) electrons. The average molecular weight is 229 g/mol. The number of ether oxygens (including phenoxy) is 1. The van der Waals surface area contributed by atoms with Gasteiger partial charge in [0.25, 0.3) is 0 Å². The number of benzene rings is 2. The monoisotopic (exact) mass is 229 g/mol. The van der Waals surface area contributed by atoms with E-state index in [4.69, 9.17) is 5.21 Å². The molecule has 86 valence electrons. The van der Waals surface area contributed by atoms with Crippen LogP contribution in [0.5, 0.6) is 0 Å². The van der Waals surface area contributed by atoms with Gasteiger partial charge in [-0.1, -0.05) is 47.6 Å². The molecule has 17 heavy (non-hydrogen) atoms. The third-order valence-electron chi connectivity index (χ3n) is 2.52. The maximum atomic E-state index is 11.5. The van der Waals surface area contributed by atoms with Gasteiger partial charge < -0.3 is 9.94 Å². The Balaban J connectivity index is 2.66. The van der Waals surface area contributed by atoms with Crippen molar-refractivity contribution in [1.29, 1.82) is 0 Å². The van der Waals surface area contributed by atoms with E-state index in [1.165, 1.54) is 7.11 Å². The van der Waals surface area contributed by atoms with Crippen molar-refractivity contribution in [2.24, 2.45) is 5.16 Å². The molecule has 0 amide bonds. The van der Waals surface area contributed by atoms with Gasteiger partial charge >= 0.3 is 5.97 Å². The zero-order valence-corrected chi connectivity index (χ0v) is 9.25. The highest BCUT2D eigenvalue weighted by molar-refractivity contribution is 6.45. The minimum Gasteiger partial charge on any atom is -0.464 e. The van der Waals surface area contributed by atoms with Crippen molar-refractivity contribution in [2.45, 2.75) is 0 Å². The largest absolute Gasteiger partial charge is 0.464 e. The maximum absolute atomic E-state index is 11.5. The average Bonchev–Trinajstić information content (AvgIpc) is 2.39. The molecule has 2 aromatic carbocycles. The Kier molecular flexibility index (Phi) is 3.05. The van der Waals surface area contributed by atoms with E-state index in [0.29, 0.717) is 5.56 Å². The molecule has 0 saturated carbocycles. The summed E-state index contributed by atoms with van der Waals surface area (Å²) < 4.78 is 4.58. The molecule has 2 rings (SSSR count). The lowest BCUT2D eigenvalue weighted by molar-refractivity contribution is -0.132. The van der Waals surface area contributed by atoms with Gasteiger partial charge in [0.05, 0.1) is 7.11 Å². The molecule has 0 heterocycles. The minimum absolute atomic E-state index is 0.0932. The van der Waals surface area contributed by atoms with E-state index in [1.54, 1.807) is 12.1 Å². The van der Waals surface area contributed by atoms with Gasteiger partial charge in [-0.05, 0) is 10.8 Å². The first kappa shape index (κ1) is 11.1. The van der Waals surface area contributed by atoms with Gasteiger partial charge in [-0.15, -0.1) is 0 Å². The van der Waals surface area contributed by atoms with Gasteiger partial charge in [-0.2, -0.15) is 0 Å². The Morgan fingerprint density at radius 3 is 2.59 bits per heavy atom. The predicted molar refractivity (Wildman–Crippen MR) is 64.3 cm³/mol. The van der Waals surface area contributed by atoms with E-state index >= 15 is 0 Å². The molecule has 0 saturated heterocycles. The zero-order valence-electron chi connectivity index (χ0n) is 9.25. The molecule has 4 heteroatoms. The molecule has 0 aromatic heterocycles. The smallest absolute Gasteiger partial charge is 0.360 e. The van der Waals surface area contributed by atoms with E-state index in [9.17, 15) is 4.79 Å². The van der Waals surface area contributed by atoms with E-state index < -0.39 is 5.97 Å². The van der Waals surface area contributed by atoms with Gasteiger partial charge in [-0.25, -0.2) is 4.79 Å². The van der Waals surface area contributed by atoms with E-state index in [2.05, 4.69) is 9.89 Å². The third kappa shape index (κ3) is 1.97. The van der Waals surface area contributed by atoms with Crippen molar-refractivity contribution in [3.63, 3.8) is 0 Å². The van der Waals surface area contributed by atoms with Crippen molar-refractivity contribution in [3.8, 4) is 0 Å². The van der Waals surface area contributed by atoms with Crippen LogP contribution in [0.2, 0.25) is 0 Å². The molecule has 0 aliphatic carbocycles. The fraction of sp³-hybridized carbons (Fsp3) is 0.0769. The fourth-order valence-corrected chi connectivity index (χ4v) is 1.73. The molecule has 0 atom stereocenters. The number of methoxy groups -OCH3 is 1. The lowest BCUT2D eigenvalue weighted by atomic mass is 10.0. The summed E-state index contributed by atoms with van der Waals surface area (Å²) in [6.45, 7) is 0. The summed E-state index contributed by atoms with van der Waals surface area (Å²) in [4.78, 5) is 11.5. The van der Waals surface area contributed by atoms with Crippen LogP contribution in [-0.4, -0.2) is 24.0 Å². The summed E-state index contributed by atoms with van der Waals surface area (Å²) in [6, 6.07) is 13.0. The van der Waals surface area contributed by atoms with Gasteiger partial charge in [0, 0.05) is 5.56 Å². The Morgan fingerprint density at radius 2 is 1.88 bits per heavy atom. The number of carbonyl (C=O) groups is 1. The van der Waals surface area contributed by atoms with Crippen molar-refractivity contribution in [3.05, 3.63) is 48.0 Å². The predicted octanol–water partition coefficient (Wildman–Crippen LogP) is 2.19. The lowest BCUT2D eigenvalue weighted by Gasteiger charge is -2.06. The van der Waals surface area contributed by atoms with Crippen molar-refractivity contribution >= 4 is 22.5 Å². The van der Waals surface area contributed by atoms with Gasteiger partial charge in [-0.3, -0.25) is 0 Å². The Morgan fingerprint density at radius 1 is 1.18 bits per heavy atom. The number of nitrogens with zero attached hydrogens (tertiary/aromatic N) is 1. The highest BCUT2D eigenvalue weighted by Gasteiger charge is 2.17. The van der Waals surface area contributed by atoms with E-state index in [-0.39, 0.29) is 5.71 Å². The molecular weight excluding hydrogens is 218 g/mol. The van der Waals surface area contributed by atoms with Crippen LogP contribution in [0.1, 0.15) is 5.56 Å². The molecule has 0 unspecified atom stereocenters. The topological polar surface area (TPSA) is 58.9 Å². The van der Waals surface area contributed by atoms with Crippen LogP contribution >= 0.6 is 0 Å². The summed E-state index contributed by atoms with van der Waals surface area (Å²) >= 11 is 0. The summed E-state index contributed by atoms with van der Waals surface area (Å²) in [7, 11) is 1.25. The number of fused-ring (bicyclic) bond motifs is 1. The molecule has 0 spiro atoms. The van der Waals surface area contributed by atoms with Crippen LogP contribution in [-0.2, 0) is 9.53 Å². The normalized spacial score (nSPS) is 11.5. The molecule has 0 bridgehead atoms. The molecule has 0 fully saturated rings. The van der Waals surface area contributed by atoms with Crippen LogP contribution in [0, 0.1) is 0 Å². The maximum Gasteiger partial charge on any atom is 0.360 e. The molecule has 0 aliphatic heterocycles.